The van der Waals surface area contributed by atoms with Gasteiger partial charge in [-0.05, 0) is 50.7 Å². The highest BCUT2D eigenvalue weighted by atomic mass is 16.3. The van der Waals surface area contributed by atoms with Gasteiger partial charge >= 0.3 is 6.03 Å². The van der Waals surface area contributed by atoms with Crippen molar-refractivity contribution in [2.45, 2.75) is 53.0 Å². The maximum Gasteiger partial charge on any atom is 0.315 e. The predicted octanol–water partition coefficient (Wildman–Crippen LogP) is 3.14. The molecule has 1 aromatic heterocycles. The van der Waals surface area contributed by atoms with Crippen molar-refractivity contribution in [3.63, 3.8) is 0 Å². The molecule has 1 unspecified atom stereocenters. The molecule has 1 rings (SSSR count). The van der Waals surface area contributed by atoms with Crippen LogP contribution in [0.1, 0.15) is 57.6 Å². The van der Waals surface area contributed by atoms with Crippen molar-refractivity contribution in [3.05, 3.63) is 23.7 Å². The van der Waals surface area contributed by atoms with Gasteiger partial charge in [0.25, 0.3) is 0 Å². The Kier molecular flexibility index (Phi) is 6.75. The number of aliphatic hydroxyl groups excluding tert-OH is 1. The summed E-state index contributed by atoms with van der Waals surface area (Å²) in [5, 5.41) is 15.0. The quantitative estimate of drug-likeness (QED) is 0.690. The number of nitrogens with one attached hydrogen (secondary N) is 2. The van der Waals surface area contributed by atoms with Crippen LogP contribution in [0.4, 0.5) is 4.79 Å². The zero-order chi connectivity index (χ0) is 15.9. The highest BCUT2D eigenvalue weighted by Gasteiger charge is 2.26. The zero-order valence-electron chi connectivity index (χ0n) is 13.5. The molecule has 0 fully saturated rings. The van der Waals surface area contributed by atoms with Crippen molar-refractivity contribution in [1.82, 2.24) is 10.6 Å². The van der Waals surface area contributed by atoms with Gasteiger partial charge in [-0.25, -0.2) is 4.79 Å². The molecule has 0 saturated carbocycles. The summed E-state index contributed by atoms with van der Waals surface area (Å²) in [7, 11) is 0. The maximum absolute atomic E-state index is 12.0. The lowest BCUT2D eigenvalue weighted by atomic mass is 9.79. The van der Waals surface area contributed by atoms with Gasteiger partial charge in [0.15, 0.2) is 0 Å². The molecule has 2 amide bonds. The van der Waals surface area contributed by atoms with Gasteiger partial charge in [-0.3, -0.25) is 0 Å². The van der Waals surface area contributed by atoms with Crippen LogP contribution in [-0.2, 0) is 0 Å². The normalized spacial score (nSPS) is 13.0. The first kappa shape index (κ1) is 17.6. The van der Waals surface area contributed by atoms with E-state index in [9.17, 15) is 9.90 Å². The molecule has 1 atom stereocenters. The standard InChI is InChI=1S/C16H28N2O3/c1-5-16(6-2,9-10-19)11-17-15(20)18-13(4)14-8-7-12(3)21-14/h7-8,13,19H,5-6,9-11H2,1-4H3,(H2,17,18,20). The van der Waals surface area contributed by atoms with Crippen LogP contribution in [0.15, 0.2) is 16.5 Å². The summed E-state index contributed by atoms with van der Waals surface area (Å²) in [5.41, 5.74) is -0.0312. The van der Waals surface area contributed by atoms with Crippen LogP contribution in [0.25, 0.3) is 0 Å². The van der Waals surface area contributed by atoms with Gasteiger partial charge in [0.05, 0.1) is 6.04 Å². The van der Waals surface area contributed by atoms with Crippen molar-refractivity contribution in [2.75, 3.05) is 13.2 Å². The zero-order valence-corrected chi connectivity index (χ0v) is 13.5. The number of aryl methyl sites for hydroxylation is 1. The molecule has 0 aromatic carbocycles. The summed E-state index contributed by atoms with van der Waals surface area (Å²) in [5.74, 6) is 1.58. The number of rotatable bonds is 8. The molecule has 0 aliphatic rings. The molecule has 120 valence electrons. The van der Waals surface area contributed by atoms with E-state index in [-0.39, 0.29) is 24.1 Å². The second-order valence-electron chi connectivity index (χ2n) is 5.68. The molecular weight excluding hydrogens is 268 g/mol. The molecule has 0 saturated heterocycles. The molecule has 3 N–H and O–H groups in total. The first-order chi connectivity index (χ1) is 9.96. The third kappa shape index (κ3) is 5.08. The number of aliphatic hydroxyl groups is 1. The predicted molar refractivity (Wildman–Crippen MR) is 83.1 cm³/mol. The van der Waals surface area contributed by atoms with E-state index in [1.807, 2.05) is 26.0 Å². The summed E-state index contributed by atoms with van der Waals surface area (Å²) < 4.78 is 5.50. The molecule has 21 heavy (non-hydrogen) atoms. The second kappa shape index (κ2) is 8.08. The molecule has 5 nitrogen and oxygen atoms in total. The lowest BCUT2D eigenvalue weighted by Crippen LogP contribution is -2.43. The van der Waals surface area contributed by atoms with E-state index in [0.29, 0.717) is 13.0 Å². The van der Waals surface area contributed by atoms with Gasteiger partial charge in [-0.2, -0.15) is 0 Å². The fourth-order valence-corrected chi connectivity index (χ4v) is 2.45. The van der Waals surface area contributed by atoms with Crippen molar-refractivity contribution in [1.29, 1.82) is 0 Å². The Morgan fingerprint density at radius 2 is 2.05 bits per heavy atom. The van der Waals surface area contributed by atoms with Gasteiger partial charge in [-0.15, -0.1) is 0 Å². The highest BCUT2D eigenvalue weighted by Crippen LogP contribution is 2.29. The van der Waals surface area contributed by atoms with E-state index >= 15 is 0 Å². The van der Waals surface area contributed by atoms with Gasteiger partial charge < -0.3 is 20.2 Å². The van der Waals surface area contributed by atoms with Crippen LogP contribution >= 0.6 is 0 Å². The van der Waals surface area contributed by atoms with Crippen LogP contribution in [0.2, 0.25) is 0 Å². The van der Waals surface area contributed by atoms with Crippen molar-refractivity contribution in [3.8, 4) is 0 Å². The molecule has 1 heterocycles. The summed E-state index contributed by atoms with van der Waals surface area (Å²) in [6.07, 6.45) is 2.56. The monoisotopic (exact) mass is 296 g/mol. The summed E-state index contributed by atoms with van der Waals surface area (Å²) >= 11 is 0. The summed E-state index contributed by atoms with van der Waals surface area (Å²) in [4.78, 5) is 12.0. The Morgan fingerprint density at radius 1 is 1.38 bits per heavy atom. The minimum Gasteiger partial charge on any atom is -0.464 e. The van der Waals surface area contributed by atoms with Crippen LogP contribution in [0.5, 0.6) is 0 Å². The molecule has 0 bridgehead atoms. The SMILES string of the molecule is CCC(CC)(CCO)CNC(=O)NC(C)c1ccc(C)o1. The van der Waals surface area contributed by atoms with Gasteiger partial charge in [0, 0.05) is 13.2 Å². The van der Waals surface area contributed by atoms with Crippen molar-refractivity contribution in [2.24, 2.45) is 5.41 Å². The smallest absolute Gasteiger partial charge is 0.315 e. The van der Waals surface area contributed by atoms with Crippen LogP contribution in [0.3, 0.4) is 0 Å². The van der Waals surface area contributed by atoms with Gasteiger partial charge in [0.2, 0.25) is 0 Å². The molecule has 0 aliphatic carbocycles. The topological polar surface area (TPSA) is 74.5 Å². The van der Waals surface area contributed by atoms with Gasteiger partial charge in [0.1, 0.15) is 11.5 Å². The average molecular weight is 296 g/mol. The van der Waals surface area contributed by atoms with Crippen molar-refractivity contribution < 1.29 is 14.3 Å². The van der Waals surface area contributed by atoms with E-state index in [1.165, 1.54) is 0 Å². The lowest BCUT2D eigenvalue weighted by molar-refractivity contribution is 0.162. The number of hydrogen-bond acceptors (Lipinski definition) is 3. The largest absolute Gasteiger partial charge is 0.464 e. The number of amides is 2. The van der Waals surface area contributed by atoms with Crippen LogP contribution in [0, 0.1) is 12.3 Å². The number of furan rings is 1. The average Bonchev–Trinajstić information content (AvgIpc) is 2.90. The van der Waals surface area contributed by atoms with E-state index in [1.54, 1.807) is 0 Å². The molecular formula is C16H28N2O3. The Bertz CT molecular complexity index is 438. The second-order valence-corrected chi connectivity index (χ2v) is 5.68. The van der Waals surface area contributed by atoms with Gasteiger partial charge in [-0.1, -0.05) is 13.8 Å². The number of urea groups is 1. The van der Waals surface area contributed by atoms with E-state index < -0.39 is 0 Å². The minimum atomic E-state index is -0.208. The Labute approximate surface area is 127 Å². The highest BCUT2D eigenvalue weighted by molar-refractivity contribution is 5.74. The van der Waals surface area contributed by atoms with E-state index in [2.05, 4.69) is 24.5 Å². The first-order valence-electron chi connectivity index (χ1n) is 7.68. The number of hydrogen-bond donors (Lipinski definition) is 3. The summed E-state index contributed by atoms with van der Waals surface area (Å²) in [6, 6.07) is 3.37. The fourth-order valence-electron chi connectivity index (χ4n) is 2.45. The third-order valence-corrected chi connectivity index (χ3v) is 4.30. The van der Waals surface area contributed by atoms with E-state index in [0.717, 1.165) is 24.4 Å². The van der Waals surface area contributed by atoms with Crippen molar-refractivity contribution >= 4 is 6.03 Å². The Balaban J connectivity index is 2.49. The number of carbonyl (C=O) groups is 1. The lowest BCUT2D eigenvalue weighted by Gasteiger charge is -2.31. The Morgan fingerprint density at radius 3 is 2.52 bits per heavy atom. The van der Waals surface area contributed by atoms with Crippen LogP contribution in [-0.4, -0.2) is 24.3 Å². The third-order valence-electron chi connectivity index (χ3n) is 4.30. The molecule has 0 aliphatic heterocycles. The van der Waals surface area contributed by atoms with E-state index in [4.69, 9.17) is 4.42 Å². The summed E-state index contributed by atoms with van der Waals surface area (Å²) in [6.45, 7) is 8.66. The number of carbonyl (C=O) groups excluding carboxylic acids is 1. The Hall–Kier alpha value is -1.49. The fraction of sp³-hybridized carbons (Fsp3) is 0.688. The molecule has 5 heteroatoms. The first-order valence-corrected chi connectivity index (χ1v) is 7.68. The van der Waals surface area contributed by atoms with Crippen LogP contribution < -0.4 is 10.6 Å². The molecule has 1 aromatic rings. The molecule has 0 radical (unpaired) electrons. The minimum absolute atomic E-state index is 0.0312. The molecule has 0 spiro atoms. The maximum atomic E-state index is 12.0.